The van der Waals surface area contributed by atoms with Gasteiger partial charge in [-0.25, -0.2) is 9.67 Å². The Labute approximate surface area is 115 Å². The van der Waals surface area contributed by atoms with Crippen LogP contribution in [0.2, 0.25) is 0 Å². The van der Waals surface area contributed by atoms with Crippen molar-refractivity contribution in [2.45, 2.75) is 26.3 Å². The summed E-state index contributed by atoms with van der Waals surface area (Å²) in [5.41, 5.74) is 3.76. The zero-order valence-electron chi connectivity index (χ0n) is 11.1. The summed E-state index contributed by atoms with van der Waals surface area (Å²) in [5, 5.41) is 8.71. The SMILES string of the molecule is CCn1nc(C)c2nc(CCl)n(-c3cnn(C)c3)c21. The molecule has 0 N–H and O–H groups in total. The van der Waals surface area contributed by atoms with Crippen LogP contribution in [0.1, 0.15) is 18.4 Å². The van der Waals surface area contributed by atoms with Gasteiger partial charge < -0.3 is 0 Å². The maximum absolute atomic E-state index is 6.02. The van der Waals surface area contributed by atoms with E-state index in [-0.39, 0.29) is 0 Å². The standard InChI is InChI=1S/C12H15ClN6/c1-4-18-12-11(8(2)16-18)15-10(5-13)19(12)9-6-14-17(3)7-9/h6-7H,4-5H2,1-3H3. The van der Waals surface area contributed by atoms with E-state index >= 15 is 0 Å². The molecule has 19 heavy (non-hydrogen) atoms. The van der Waals surface area contributed by atoms with E-state index in [0.717, 1.165) is 34.9 Å². The van der Waals surface area contributed by atoms with E-state index in [4.69, 9.17) is 11.6 Å². The maximum Gasteiger partial charge on any atom is 0.163 e. The minimum absolute atomic E-state index is 0.354. The molecule has 3 aromatic heterocycles. The second-order valence-electron chi connectivity index (χ2n) is 4.44. The summed E-state index contributed by atoms with van der Waals surface area (Å²) in [6, 6.07) is 0. The van der Waals surface area contributed by atoms with Crippen LogP contribution in [0.25, 0.3) is 16.9 Å². The van der Waals surface area contributed by atoms with Gasteiger partial charge in [0, 0.05) is 19.8 Å². The number of nitrogens with zero attached hydrogens (tertiary/aromatic N) is 6. The smallest absolute Gasteiger partial charge is 0.163 e. The number of halogens is 1. The highest BCUT2D eigenvalue weighted by atomic mass is 35.5. The van der Waals surface area contributed by atoms with Gasteiger partial charge in [0.2, 0.25) is 0 Å². The highest BCUT2D eigenvalue weighted by molar-refractivity contribution is 6.17. The lowest BCUT2D eigenvalue weighted by Crippen LogP contribution is -2.05. The van der Waals surface area contributed by atoms with Gasteiger partial charge >= 0.3 is 0 Å². The fourth-order valence-electron chi connectivity index (χ4n) is 2.32. The van der Waals surface area contributed by atoms with Gasteiger partial charge in [0.25, 0.3) is 0 Å². The van der Waals surface area contributed by atoms with Crippen molar-refractivity contribution in [1.29, 1.82) is 0 Å². The highest BCUT2D eigenvalue weighted by Crippen LogP contribution is 2.24. The van der Waals surface area contributed by atoms with E-state index in [1.807, 2.05) is 29.4 Å². The molecule has 0 fully saturated rings. The van der Waals surface area contributed by atoms with Gasteiger partial charge in [-0.15, -0.1) is 11.6 Å². The van der Waals surface area contributed by atoms with E-state index < -0.39 is 0 Å². The van der Waals surface area contributed by atoms with Gasteiger partial charge in [-0.3, -0.25) is 9.25 Å². The summed E-state index contributed by atoms with van der Waals surface area (Å²) in [6.45, 7) is 4.82. The van der Waals surface area contributed by atoms with Crippen LogP contribution in [-0.2, 0) is 19.5 Å². The van der Waals surface area contributed by atoms with Crippen LogP contribution in [-0.4, -0.2) is 29.1 Å². The Hall–Kier alpha value is -1.82. The van der Waals surface area contributed by atoms with Crippen molar-refractivity contribution in [3.8, 4) is 5.69 Å². The first-order valence-corrected chi connectivity index (χ1v) is 6.68. The third-order valence-corrected chi connectivity index (χ3v) is 3.39. The molecule has 0 spiro atoms. The molecule has 0 atom stereocenters. The molecule has 0 aromatic carbocycles. The van der Waals surface area contributed by atoms with E-state index in [1.165, 1.54) is 0 Å². The first kappa shape index (κ1) is 12.2. The second-order valence-corrected chi connectivity index (χ2v) is 4.71. The number of rotatable bonds is 3. The normalized spacial score (nSPS) is 11.6. The number of aryl methyl sites for hydroxylation is 3. The lowest BCUT2D eigenvalue weighted by Gasteiger charge is -2.06. The lowest BCUT2D eigenvalue weighted by molar-refractivity contribution is 0.660. The number of hydrogen-bond donors (Lipinski definition) is 0. The fraction of sp³-hybridized carbons (Fsp3) is 0.417. The van der Waals surface area contributed by atoms with Crippen LogP contribution in [0.5, 0.6) is 0 Å². The van der Waals surface area contributed by atoms with E-state index in [2.05, 4.69) is 22.1 Å². The number of aromatic nitrogens is 6. The van der Waals surface area contributed by atoms with Gasteiger partial charge in [0.15, 0.2) is 5.65 Å². The van der Waals surface area contributed by atoms with Crippen LogP contribution in [0.15, 0.2) is 12.4 Å². The van der Waals surface area contributed by atoms with Gasteiger partial charge in [0.1, 0.15) is 11.3 Å². The molecule has 0 aliphatic rings. The average molecular weight is 279 g/mol. The summed E-state index contributed by atoms with van der Waals surface area (Å²) in [5.74, 6) is 1.17. The highest BCUT2D eigenvalue weighted by Gasteiger charge is 2.19. The van der Waals surface area contributed by atoms with Crippen LogP contribution >= 0.6 is 11.6 Å². The van der Waals surface area contributed by atoms with Crippen molar-refractivity contribution < 1.29 is 0 Å². The molecule has 3 aromatic rings. The summed E-state index contributed by atoms with van der Waals surface area (Å²) in [7, 11) is 1.89. The second kappa shape index (κ2) is 4.38. The zero-order chi connectivity index (χ0) is 13.6. The molecule has 3 rings (SSSR count). The molecule has 0 bridgehead atoms. The van der Waals surface area contributed by atoms with Crippen molar-refractivity contribution in [3.05, 3.63) is 23.9 Å². The first-order chi connectivity index (χ1) is 9.15. The molecule has 0 aliphatic heterocycles. The van der Waals surface area contributed by atoms with Crippen LogP contribution < -0.4 is 0 Å². The number of alkyl halides is 1. The monoisotopic (exact) mass is 278 g/mol. The number of imidazole rings is 1. The van der Waals surface area contributed by atoms with Gasteiger partial charge in [-0.1, -0.05) is 0 Å². The largest absolute Gasteiger partial charge is 0.277 e. The van der Waals surface area contributed by atoms with E-state index in [0.29, 0.717) is 5.88 Å². The summed E-state index contributed by atoms with van der Waals surface area (Å²) in [6.07, 6.45) is 3.75. The average Bonchev–Trinajstić information content (AvgIpc) is 3.04. The van der Waals surface area contributed by atoms with E-state index in [1.54, 1.807) is 10.9 Å². The number of fused-ring (bicyclic) bond motifs is 1. The fourth-order valence-corrected chi connectivity index (χ4v) is 2.50. The molecule has 0 unspecified atom stereocenters. The van der Waals surface area contributed by atoms with Gasteiger partial charge in [-0.2, -0.15) is 10.2 Å². The lowest BCUT2D eigenvalue weighted by atomic mass is 10.4. The molecule has 0 amide bonds. The summed E-state index contributed by atoms with van der Waals surface area (Å²) >= 11 is 6.02. The minimum Gasteiger partial charge on any atom is -0.277 e. The predicted molar refractivity (Wildman–Crippen MR) is 73.6 cm³/mol. The van der Waals surface area contributed by atoms with Crippen molar-refractivity contribution in [3.63, 3.8) is 0 Å². The quantitative estimate of drug-likeness (QED) is 0.689. The molecule has 0 saturated carbocycles. The summed E-state index contributed by atoms with van der Waals surface area (Å²) in [4.78, 5) is 4.60. The summed E-state index contributed by atoms with van der Waals surface area (Å²) < 4.78 is 5.73. The topological polar surface area (TPSA) is 53.5 Å². The number of hydrogen-bond acceptors (Lipinski definition) is 3. The Morgan fingerprint density at radius 2 is 2.16 bits per heavy atom. The van der Waals surface area contributed by atoms with Crippen molar-refractivity contribution in [2.24, 2.45) is 7.05 Å². The Kier molecular flexibility index (Phi) is 2.82. The van der Waals surface area contributed by atoms with Gasteiger partial charge in [-0.05, 0) is 13.8 Å². The van der Waals surface area contributed by atoms with Crippen molar-refractivity contribution in [1.82, 2.24) is 29.1 Å². The Bertz CT molecular complexity index is 735. The molecule has 0 radical (unpaired) electrons. The molecule has 7 heteroatoms. The first-order valence-electron chi connectivity index (χ1n) is 6.15. The van der Waals surface area contributed by atoms with Crippen molar-refractivity contribution >= 4 is 22.8 Å². The third kappa shape index (κ3) is 1.74. The van der Waals surface area contributed by atoms with Gasteiger partial charge in [0.05, 0.1) is 23.5 Å². The van der Waals surface area contributed by atoms with Crippen LogP contribution in [0.4, 0.5) is 0 Å². The Morgan fingerprint density at radius 1 is 1.37 bits per heavy atom. The zero-order valence-corrected chi connectivity index (χ0v) is 11.9. The molecular weight excluding hydrogens is 264 g/mol. The Morgan fingerprint density at radius 3 is 2.74 bits per heavy atom. The molecule has 100 valence electrons. The molecule has 0 aliphatic carbocycles. The maximum atomic E-state index is 6.02. The molecular formula is C12H15ClN6. The Balaban J connectivity index is 2.37. The van der Waals surface area contributed by atoms with Crippen molar-refractivity contribution in [2.75, 3.05) is 0 Å². The predicted octanol–water partition coefficient (Wildman–Crippen LogP) is 2.02. The minimum atomic E-state index is 0.354. The third-order valence-electron chi connectivity index (χ3n) is 3.15. The van der Waals surface area contributed by atoms with Crippen LogP contribution in [0, 0.1) is 6.92 Å². The van der Waals surface area contributed by atoms with E-state index in [9.17, 15) is 0 Å². The van der Waals surface area contributed by atoms with Crippen LogP contribution in [0.3, 0.4) is 0 Å². The molecule has 0 saturated heterocycles. The molecule has 3 heterocycles. The molecule has 6 nitrogen and oxygen atoms in total.